The maximum absolute atomic E-state index is 9.29. The zero-order chi connectivity index (χ0) is 12.1. The van der Waals surface area contributed by atoms with Crippen molar-refractivity contribution in [2.24, 2.45) is 5.11 Å². The minimum absolute atomic E-state index is 0.761. The van der Waals surface area contributed by atoms with E-state index in [-0.39, 0.29) is 0 Å². The van der Waals surface area contributed by atoms with Crippen molar-refractivity contribution in [1.82, 2.24) is 5.53 Å². The van der Waals surface area contributed by atoms with E-state index in [0.29, 0.717) is 0 Å². The quantitative estimate of drug-likeness (QED) is 0.764. The van der Waals surface area contributed by atoms with Gasteiger partial charge in [0.1, 0.15) is 0 Å². The van der Waals surface area contributed by atoms with Gasteiger partial charge in [-0.05, 0) is 23.4 Å². The largest absolute Gasteiger partial charge is 0.450 e. The third-order valence-corrected chi connectivity index (χ3v) is 3.23. The topological polar surface area (TPSA) is 43.9 Å². The highest BCUT2D eigenvalue weighted by Crippen LogP contribution is 2.37. The van der Waals surface area contributed by atoms with Crippen molar-refractivity contribution in [3.8, 4) is 0 Å². The number of hydrogen-bond acceptors (Lipinski definition) is 3. The van der Waals surface area contributed by atoms with E-state index in [0.717, 1.165) is 16.4 Å². The smallest absolute Gasteiger partial charge is 0.267 e. The van der Waals surface area contributed by atoms with Gasteiger partial charge in [0, 0.05) is 5.56 Å². The number of rotatable bonds is 4. The second kappa shape index (κ2) is 5.19. The number of hydrogen-bond donors (Lipinski definition) is 0. The maximum atomic E-state index is 9.29. The monoisotopic (exact) mass is 245 g/mol. The molecule has 1 unspecified atom stereocenters. The van der Waals surface area contributed by atoms with Crippen LogP contribution in [0, 0.1) is 0 Å². The Kier molecular flexibility index (Phi) is 3.64. The van der Waals surface area contributed by atoms with Gasteiger partial charge in [-0.2, -0.15) is 0 Å². The Bertz CT molecular complexity index is 456. The van der Waals surface area contributed by atoms with E-state index in [2.05, 4.69) is 5.11 Å². The fraction of sp³-hybridized carbons (Fsp3) is 0.231. The standard InChI is InChI=1S/C13H13N2OS/c1-2-17-12-9-6-10-13(15-14,16-12)11-7-4-3-5-8-11/h3-10H,2H2,1H3. The minimum atomic E-state index is -1.10. The molecule has 87 valence electrons. The summed E-state index contributed by atoms with van der Waals surface area (Å²) in [4.78, 5) is 0. The van der Waals surface area contributed by atoms with E-state index < -0.39 is 5.72 Å². The summed E-state index contributed by atoms with van der Waals surface area (Å²) in [7, 11) is 0. The molecule has 3 nitrogen and oxygen atoms in total. The van der Waals surface area contributed by atoms with Crippen molar-refractivity contribution in [2.45, 2.75) is 12.6 Å². The first-order valence-corrected chi connectivity index (χ1v) is 6.42. The van der Waals surface area contributed by atoms with Crippen LogP contribution in [0.15, 0.2) is 58.8 Å². The van der Waals surface area contributed by atoms with Gasteiger partial charge in [0.15, 0.2) is 5.09 Å². The molecule has 0 fully saturated rings. The molecule has 0 saturated carbocycles. The molecule has 1 aliphatic rings. The van der Waals surface area contributed by atoms with Gasteiger partial charge in [0.25, 0.3) is 5.72 Å². The molecule has 2 rings (SSSR count). The van der Waals surface area contributed by atoms with Crippen LogP contribution in [-0.4, -0.2) is 5.75 Å². The maximum Gasteiger partial charge on any atom is 0.267 e. The van der Waals surface area contributed by atoms with Crippen LogP contribution in [0.25, 0.3) is 0 Å². The van der Waals surface area contributed by atoms with Crippen molar-refractivity contribution in [2.75, 3.05) is 5.75 Å². The predicted molar refractivity (Wildman–Crippen MR) is 69.1 cm³/mol. The van der Waals surface area contributed by atoms with E-state index in [1.807, 2.05) is 49.4 Å². The molecule has 0 bridgehead atoms. The van der Waals surface area contributed by atoms with Crippen LogP contribution in [-0.2, 0) is 10.5 Å². The molecule has 0 spiro atoms. The molecule has 1 heterocycles. The number of nitrogens with zero attached hydrogens (tertiary/aromatic N) is 2. The molecule has 0 aromatic heterocycles. The molecule has 17 heavy (non-hydrogen) atoms. The average Bonchev–Trinajstić information content (AvgIpc) is 2.40. The summed E-state index contributed by atoms with van der Waals surface area (Å²) in [6.45, 7) is 2.05. The van der Waals surface area contributed by atoms with Crippen molar-refractivity contribution in [1.29, 1.82) is 0 Å². The fourth-order valence-corrected chi connectivity index (χ4v) is 2.29. The number of thioether (sulfide) groups is 1. The summed E-state index contributed by atoms with van der Waals surface area (Å²) in [6.07, 6.45) is 5.47. The summed E-state index contributed by atoms with van der Waals surface area (Å²) < 4.78 is 5.77. The summed E-state index contributed by atoms with van der Waals surface area (Å²) in [5.74, 6) is 0.913. The van der Waals surface area contributed by atoms with Gasteiger partial charge in [0.05, 0.1) is 0 Å². The van der Waals surface area contributed by atoms with Gasteiger partial charge in [-0.15, -0.1) is 5.11 Å². The summed E-state index contributed by atoms with van der Waals surface area (Å²) in [6, 6.07) is 9.46. The lowest BCUT2D eigenvalue weighted by molar-refractivity contribution is 0.0571. The lowest BCUT2D eigenvalue weighted by atomic mass is 10.0. The highest BCUT2D eigenvalue weighted by atomic mass is 32.2. The molecule has 1 aromatic rings. The molecule has 1 atom stereocenters. The Hall–Kier alpha value is -1.55. The zero-order valence-corrected chi connectivity index (χ0v) is 10.4. The van der Waals surface area contributed by atoms with Gasteiger partial charge >= 0.3 is 0 Å². The third kappa shape index (κ3) is 2.42. The summed E-state index contributed by atoms with van der Waals surface area (Å²) in [5.41, 5.74) is 9.00. The van der Waals surface area contributed by atoms with Gasteiger partial charge < -0.3 is 4.74 Å². The van der Waals surface area contributed by atoms with Crippen molar-refractivity contribution in [3.05, 3.63) is 59.2 Å². The van der Waals surface area contributed by atoms with E-state index in [9.17, 15) is 5.53 Å². The molecular formula is C13H13N2OS. The molecule has 0 N–H and O–H groups in total. The van der Waals surface area contributed by atoms with E-state index in [4.69, 9.17) is 4.74 Å². The normalized spacial score (nSPS) is 22.8. The molecule has 1 aromatic carbocycles. The number of ether oxygens (including phenoxy) is 1. The third-order valence-electron chi connectivity index (χ3n) is 2.43. The second-order valence-corrected chi connectivity index (χ2v) is 4.81. The first kappa shape index (κ1) is 11.9. The second-order valence-electron chi connectivity index (χ2n) is 3.54. The van der Waals surface area contributed by atoms with Crippen molar-refractivity contribution >= 4 is 11.8 Å². The van der Waals surface area contributed by atoms with Gasteiger partial charge in [-0.25, -0.2) is 0 Å². The average molecular weight is 245 g/mol. The highest BCUT2D eigenvalue weighted by molar-refractivity contribution is 8.02. The molecule has 4 heteroatoms. The molecule has 0 aliphatic carbocycles. The van der Waals surface area contributed by atoms with Gasteiger partial charge in [-0.1, -0.05) is 55.1 Å². The van der Waals surface area contributed by atoms with Crippen LogP contribution in [0.3, 0.4) is 0 Å². The molecule has 0 saturated heterocycles. The predicted octanol–water partition coefficient (Wildman–Crippen LogP) is 3.27. The first-order chi connectivity index (χ1) is 8.30. The van der Waals surface area contributed by atoms with Crippen LogP contribution in [0.5, 0.6) is 0 Å². The SMILES string of the molecule is CCSC1=CC=CC(N=[N])(c2ccccc2)O1. The Morgan fingerprint density at radius 1 is 1.35 bits per heavy atom. The fourth-order valence-electron chi connectivity index (χ4n) is 1.64. The summed E-state index contributed by atoms with van der Waals surface area (Å²) >= 11 is 1.58. The summed E-state index contributed by atoms with van der Waals surface area (Å²) in [5, 5.41) is 4.18. The van der Waals surface area contributed by atoms with E-state index >= 15 is 0 Å². The van der Waals surface area contributed by atoms with Gasteiger partial charge in [-0.3, -0.25) is 0 Å². The van der Waals surface area contributed by atoms with Crippen LogP contribution in [0.4, 0.5) is 0 Å². The zero-order valence-electron chi connectivity index (χ0n) is 9.54. The molecule has 1 radical (unpaired) electrons. The van der Waals surface area contributed by atoms with Crippen molar-refractivity contribution in [3.63, 3.8) is 0 Å². The lowest BCUT2D eigenvalue weighted by Gasteiger charge is -2.28. The Morgan fingerprint density at radius 2 is 2.12 bits per heavy atom. The molecular weight excluding hydrogens is 232 g/mol. The molecule has 0 amide bonds. The first-order valence-electron chi connectivity index (χ1n) is 5.44. The van der Waals surface area contributed by atoms with Crippen LogP contribution in [0.1, 0.15) is 12.5 Å². The van der Waals surface area contributed by atoms with E-state index in [1.54, 1.807) is 17.8 Å². The molecule has 1 aliphatic heterocycles. The number of allylic oxidation sites excluding steroid dienone is 2. The lowest BCUT2D eigenvalue weighted by Crippen LogP contribution is -2.25. The van der Waals surface area contributed by atoms with Crippen molar-refractivity contribution < 1.29 is 4.74 Å². The van der Waals surface area contributed by atoms with Crippen LogP contribution < -0.4 is 5.53 Å². The highest BCUT2D eigenvalue weighted by Gasteiger charge is 2.34. The minimum Gasteiger partial charge on any atom is -0.450 e. The van der Waals surface area contributed by atoms with Crippen LogP contribution in [0.2, 0.25) is 0 Å². The Morgan fingerprint density at radius 3 is 2.76 bits per heavy atom. The Labute approximate surface area is 105 Å². The van der Waals surface area contributed by atoms with Gasteiger partial charge in [0.2, 0.25) is 0 Å². The van der Waals surface area contributed by atoms with E-state index in [1.165, 1.54) is 0 Å². The Balaban J connectivity index is 2.32. The van der Waals surface area contributed by atoms with Crippen LogP contribution >= 0.6 is 11.8 Å². The number of benzene rings is 1.